The van der Waals surface area contributed by atoms with Gasteiger partial charge in [0.2, 0.25) is 5.91 Å². The van der Waals surface area contributed by atoms with E-state index in [-0.39, 0.29) is 18.4 Å². The largest absolute Gasteiger partial charge is 0.373 e. The minimum absolute atomic E-state index is 0.131. The number of aromatic nitrogens is 4. The summed E-state index contributed by atoms with van der Waals surface area (Å²) >= 11 is 0. The first-order valence-corrected chi connectivity index (χ1v) is 8.55. The standard InChI is InChI=1S/C19H19N5O2/c1-13-6-7-18(23-22-13)24-17(8-10-20-24)21-19(25)12-16-15-5-3-2-4-14(15)9-11-26-16/h2-8,10,16H,9,11-12H2,1H3,(H,21,25)/t16-/m0/s1. The molecule has 0 radical (unpaired) electrons. The number of benzene rings is 1. The van der Waals surface area contributed by atoms with Crippen molar-refractivity contribution in [2.45, 2.75) is 25.9 Å². The summed E-state index contributed by atoms with van der Waals surface area (Å²) in [5, 5.41) is 15.3. The van der Waals surface area contributed by atoms with E-state index in [9.17, 15) is 4.79 Å². The molecule has 2 aromatic heterocycles. The van der Waals surface area contributed by atoms with Crippen LogP contribution in [-0.2, 0) is 16.0 Å². The zero-order valence-electron chi connectivity index (χ0n) is 14.4. The molecule has 1 aliphatic heterocycles. The molecule has 0 fully saturated rings. The number of hydrogen-bond acceptors (Lipinski definition) is 5. The zero-order chi connectivity index (χ0) is 17.9. The van der Waals surface area contributed by atoms with Crippen molar-refractivity contribution in [3.8, 4) is 5.82 Å². The predicted molar refractivity (Wildman–Crippen MR) is 96.0 cm³/mol. The molecule has 1 atom stereocenters. The maximum absolute atomic E-state index is 12.6. The first-order chi connectivity index (χ1) is 12.7. The summed E-state index contributed by atoms with van der Waals surface area (Å²) in [6.45, 7) is 2.50. The fraction of sp³-hybridized carbons (Fsp3) is 0.263. The van der Waals surface area contributed by atoms with Crippen LogP contribution in [0.2, 0.25) is 0 Å². The van der Waals surface area contributed by atoms with Gasteiger partial charge in [0.15, 0.2) is 5.82 Å². The van der Waals surface area contributed by atoms with Gasteiger partial charge >= 0.3 is 0 Å². The van der Waals surface area contributed by atoms with Crippen molar-refractivity contribution >= 4 is 11.7 Å². The normalized spacial score (nSPS) is 16.1. The average Bonchev–Trinajstić information content (AvgIpc) is 3.10. The average molecular weight is 349 g/mol. The lowest BCUT2D eigenvalue weighted by Gasteiger charge is -2.25. The maximum atomic E-state index is 12.6. The molecule has 7 heteroatoms. The van der Waals surface area contributed by atoms with Crippen LogP contribution >= 0.6 is 0 Å². The smallest absolute Gasteiger partial charge is 0.228 e. The molecule has 0 aliphatic carbocycles. The Balaban J connectivity index is 1.49. The molecule has 1 amide bonds. The van der Waals surface area contributed by atoms with Gasteiger partial charge in [-0.05, 0) is 36.6 Å². The van der Waals surface area contributed by atoms with Crippen LogP contribution in [-0.4, -0.2) is 32.5 Å². The summed E-state index contributed by atoms with van der Waals surface area (Å²) in [6.07, 6.45) is 2.52. The molecule has 0 bridgehead atoms. The number of carbonyl (C=O) groups excluding carboxylic acids is 1. The van der Waals surface area contributed by atoms with Crippen LogP contribution in [0.1, 0.15) is 29.3 Å². The molecule has 26 heavy (non-hydrogen) atoms. The Morgan fingerprint density at radius 2 is 2.12 bits per heavy atom. The van der Waals surface area contributed by atoms with Crippen molar-refractivity contribution in [3.63, 3.8) is 0 Å². The number of ether oxygens (including phenoxy) is 1. The molecule has 0 unspecified atom stereocenters. The summed E-state index contributed by atoms with van der Waals surface area (Å²) in [7, 11) is 0. The van der Waals surface area contributed by atoms with E-state index in [2.05, 4.69) is 26.7 Å². The van der Waals surface area contributed by atoms with Crippen molar-refractivity contribution in [2.24, 2.45) is 0 Å². The number of fused-ring (bicyclic) bond motifs is 1. The van der Waals surface area contributed by atoms with Crippen LogP contribution in [0.25, 0.3) is 5.82 Å². The van der Waals surface area contributed by atoms with Crippen LogP contribution in [0.4, 0.5) is 5.82 Å². The van der Waals surface area contributed by atoms with Crippen molar-refractivity contribution < 1.29 is 9.53 Å². The summed E-state index contributed by atoms with van der Waals surface area (Å²) < 4.78 is 7.37. The lowest BCUT2D eigenvalue weighted by Crippen LogP contribution is -2.23. The molecule has 0 saturated heterocycles. The fourth-order valence-corrected chi connectivity index (χ4v) is 3.09. The molecule has 7 nitrogen and oxygen atoms in total. The van der Waals surface area contributed by atoms with E-state index in [1.54, 1.807) is 16.9 Å². The molecule has 1 N–H and O–H groups in total. The number of nitrogens with zero attached hydrogens (tertiary/aromatic N) is 4. The van der Waals surface area contributed by atoms with Gasteiger partial charge in [-0.25, -0.2) is 0 Å². The van der Waals surface area contributed by atoms with Crippen LogP contribution in [0.15, 0.2) is 48.7 Å². The molecule has 3 heterocycles. The molecule has 4 rings (SSSR count). The number of carbonyl (C=O) groups is 1. The lowest BCUT2D eigenvalue weighted by molar-refractivity contribution is -0.119. The topological polar surface area (TPSA) is 81.9 Å². The number of nitrogens with one attached hydrogen (secondary N) is 1. The molecule has 1 aromatic carbocycles. The number of hydrogen-bond donors (Lipinski definition) is 1. The van der Waals surface area contributed by atoms with E-state index in [0.29, 0.717) is 18.2 Å². The fourth-order valence-electron chi connectivity index (χ4n) is 3.09. The minimum Gasteiger partial charge on any atom is -0.373 e. The first-order valence-electron chi connectivity index (χ1n) is 8.55. The van der Waals surface area contributed by atoms with Gasteiger partial charge in [0, 0.05) is 6.07 Å². The third kappa shape index (κ3) is 3.34. The summed E-state index contributed by atoms with van der Waals surface area (Å²) in [4.78, 5) is 12.6. The Morgan fingerprint density at radius 3 is 2.96 bits per heavy atom. The van der Waals surface area contributed by atoms with E-state index in [4.69, 9.17) is 4.74 Å². The highest BCUT2D eigenvalue weighted by Crippen LogP contribution is 2.29. The summed E-state index contributed by atoms with van der Waals surface area (Å²) in [5.74, 6) is 0.973. The molecule has 0 saturated carbocycles. The van der Waals surface area contributed by atoms with Crippen molar-refractivity contribution in [1.29, 1.82) is 0 Å². The molecule has 1 aliphatic rings. The van der Waals surface area contributed by atoms with E-state index in [1.165, 1.54) is 5.56 Å². The maximum Gasteiger partial charge on any atom is 0.228 e. The van der Waals surface area contributed by atoms with Gasteiger partial charge in [-0.3, -0.25) is 4.79 Å². The van der Waals surface area contributed by atoms with E-state index < -0.39 is 0 Å². The SMILES string of the molecule is Cc1ccc(-n2nccc2NC(=O)C[C@@H]2OCCc3ccccc32)nn1. The van der Waals surface area contributed by atoms with Gasteiger partial charge in [0.05, 0.1) is 31.0 Å². The molecule has 132 valence electrons. The van der Waals surface area contributed by atoms with E-state index in [1.807, 2.05) is 37.3 Å². The highest BCUT2D eigenvalue weighted by Gasteiger charge is 2.23. The van der Waals surface area contributed by atoms with Gasteiger partial charge < -0.3 is 10.1 Å². The van der Waals surface area contributed by atoms with Crippen LogP contribution in [0.5, 0.6) is 0 Å². The Hall–Kier alpha value is -3.06. The second kappa shape index (κ2) is 7.05. The van der Waals surface area contributed by atoms with Crippen LogP contribution in [0, 0.1) is 6.92 Å². The summed E-state index contributed by atoms with van der Waals surface area (Å²) in [5.41, 5.74) is 3.16. The third-order valence-corrected chi connectivity index (χ3v) is 4.37. The van der Waals surface area contributed by atoms with Crippen molar-refractivity contribution in [2.75, 3.05) is 11.9 Å². The van der Waals surface area contributed by atoms with Crippen molar-refractivity contribution in [3.05, 3.63) is 65.5 Å². The second-order valence-corrected chi connectivity index (χ2v) is 6.22. The molecular formula is C19H19N5O2. The van der Waals surface area contributed by atoms with E-state index in [0.717, 1.165) is 17.7 Å². The van der Waals surface area contributed by atoms with Gasteiger partial charge in [0.25, 0.3) is 0 Å². The third-order valence-electron chi connectivity index (χ3n) is 4.37. The molecule has 0 spiro atoms. The first kappa shape index (κ1) is 16.4. The Labute approximate surface area is 151 Å². The predicted octanol–water partition coefficient (Wildman–Crippen LogP) is 2.61. The monoisotopic (exact) mass is 349 g/mol. The van der Waals surface area contributed by atoms with E-state index >= 15 is 0 Å². The number of amides is 1. The van der Waals surface area contributed by atoms with Gasteiger partial charge in [0.1, 0.15) is 5.82 Å². The number of aryl methyl sites for hydroxylation is 1. The van der Waals surface area contributed by atoms with Crippen LogP contribution < -0.4 is 5.32 Å². The highest BCUT2D eigenvalue weighted by atomic mass is 16.5. The highest BCUT2D eigenvalue weighted by molar-refractivity contribution is 5.90. The van der Waals surface area contributed by atoms with Gasteiger partial charge in [-0.1, -0.05) is 24.3 Å². The minimum atomic E-state index is -0.226. The lowest BCUT2D eigenvalue weighted by atomic mass is 9.96. The van der Waals surface area contributed by atoms with Gasteiger partial charge in [-0.2, -0.15) is 14.9 Å². The van der Waals surface area contributed by atoms with Crippen LogP contribution in [0.3, 0.4) is 0 Å². The van der Waals surface area contributed by atoms with Crippen molar-refractivity contribution in [1.82, 2.24) is 20.0 Å². The quantitative estimate of drug-likeness (QED) is 0.783. The summed E-state index contributed by atoms with van der Waals surface area (Å²) in [6, 6.07) is 13.5. The second-order valence-electron chi connectivity index (χ2n) is 6.22. The Bertz CT molecular complexity index is 920. The molecule has 3 aromatic rings. The zero-order valence-corrected chi connectivity index (χ0v) is 14.4. The number of rotatable bonds is 4. The molecular weight excluding hydrogens is 330 g/mol. The van der Waals surface area contributed by atoms with Gasteiger partial charge in [-0.15, -0.1) is 5.10 Å². The Morgan fingerprint density at radius 1 is 1.23 bits per heavy atom. The number of anilines is 1. The Kier molecular flexibility index (Phi) is 4.45.